The maximum Gasteiger partial charge on any atom is 0.230 e. The molecule has 2 aromatic carbocycles. The number of hydrogen-bond donors (Lipinski definition) is 0. The Morgan fingerprint density at radius 1 is 0.821 bits per heavy atom. The Balaban J connectivity index is 1.93. The minimum atomic E-state index is 0.381. The quantitative estimate of drug-likeness (QED) is 0.352. The fourth-order valence-electron chi connectivity index (χ4n) is 2.73. The molecule has 4 nitrogen and oxygen atoms in total. The average Bonchev–Trinajstić information content (AvgIpc) is 2.70. The Hall–Kier alpha value is -2.66. The molecular weight excluding hydrogens is 417 g/mol. The molecule has 0 bridgehead atoms. The van der Waals surface area contributed by atoms with Crippen molar-refractivity contribution in [3.8, 4) is 34.0 Å². The largest absolute Gasteiger partial charge is 0.437 e. The Morgan fingerprint density at radius 3 is 2.32 bits per heavy atom. The van der Waals surface area contributed by atoms with Crippen molar-refractivity contribution in [2.24, 2.45) is 0 Å². The van der Waals surface area contributed by atoms with Gasteiger partial charge in [0.25, 0.3) is 0 Å². The molecular formula is C21H12Cl3N3O. The highest BCUT2D eigenvalue weighted by Gasteiger charge is 2.19. The Morgan fingerprint density at radius 2 is 1.61 bits per heavy atom. The summed E-state index contributed by atoms with van der Waals surface area (Å²) in [6.07, 6.45) is 4.72. The summed E-state index contributed by atoms with van der Waals surface area (Å²) in [6, 6.07) is 16.2. The van der Waals surface area contributed by atoms with Crippen LogP contribution < -0.4 is 4.74 Å². The highest BCUT2D eigenvalue weighted by molar-refractivity contribution is 6.36. The number of benzene rings is 2. The number of rotatable bonds is 4. The molecule has 28 heavy (non-hydrogen) atoms. The zero-order valence-electron chi connectivity index (χ0n) is 14.3. The van der Waals surface area contributed by atoms with Gasteiger partial charge in [-0.15, -0.1) is 0 Å². The van der Waals surface area contributed by atoms with Crippen molar-refractivity contribution in [2.45, 2.75) is 0 Å². The monoisotopic (exact) mass is 427 g/mol. The molecule has 4 rings (SSSR count). The molecule has 0 saturated carbocycles. The Labute approximate surface area is 176 Å². The molecule has 0 N–H and O–H groups in total. The normalized spacial score (nSPS) is 10.7. The lowest BCUT2D eigenvalue weighted by atomic mass is 10.00. The van der Waals surface area contributed by atoms with Crippen LogP contribution in [0.1, 0.15) is 0 Å². The fourth-order valence-corrected chi connectivity index (χ4v) is 3.35. The number of pyridine rings is 1. The first kappa shape index (κ1) is 18.7. The van der Waals surface area contributed by atoms with E-state index in [4.69, 9.17) is 39.5 Å². The van der Waals surface area contributed by atoms with Crippen LogP contribution in [0.4, 0.5) is 0 Å². The van der Waals surface area contributed by atoms with Gasteiger partial charge in [-0.25, -0.2) is 9.97 Å². The lowest BCUT2D eigenvalue weighted by Gasteiger charge is -2.15. The SMILES string of the molecule is Clc1ccc(-c2c(Oc3cccnc3)ncnc2-c2ccc(Cl)cc2Cl)cc1. The van der Waals surface area contributed by atoms with Gasteiger partial charge in [0.15, 0.2) is 0 Å². The van der Waals surface area contributed by atoms with Gasteiger partial charge < -0.3 is 4.74 Å². The molecule has 0 spiro atoms. The molecule has 138 valence electrons. The van der Waals surface area contributed by atoms with Crippen molar-refractivity contribution in [1.29, 1.82) is 0 Å². The third kappa shape index (κ3) is 3.94. The summed E-state index contributed by atoms with van der Waals surface area (Å²) in [7, 11) is 0. The summed E-state index contributed by atoms with van der Waals surface area (Å²) in [5.41, 5.74) is 2.87. The molecule has 0 aliphatic carbocycles. The van der Waals surface area contributed by atoms with E-state index in [2.05, 4.69) is 15.0 Å². The predicted octanol–water partition coefficient (Wildman–Crippen LogP) is 6.96. The molecule has 0 unspecified atom stereocenters. The van der Waals surface area contributed by atoms with Crippen molar-refractivity contribution in [3.05, 3.63) is 88.4 Å². The van der Waals surface area contributed by atoms with Crippen LogP contribution in [0.25, 0.3) is 22.4 Å². The highest BCUT2D eigenvalue weighted by Crippen LogP contribution is 2.41. The first-order valence-electron chi connectivity index (χ1n) is 8.26. The van der Waals surface area contributed by atoms with E-state index >= 15 is 0 Å². The Kier molecular flexibility index (Phi) is 5.44. The van der Waals surface area contributed by atoms with Gasteiger partial charge >= 0.3 is 0 Å². The lowest BCUT2D eigenvalue weighted by Crippen LogP contribution is -1.98. The van der Waals surface area contributed by atoms with Gasteiger partial charge in [0, 0.05) is 21.8 Å². The third-order valence-electron chi connectivity index (χ3n) is 3.98. The molecule has 0 radical (unpaired) electrons. The number of aromatic nitrogens is 3. The van der Waals surface area contributed by atoms with Gasteiger partial charge in [-0.3, -0.25) is 4.98 Å². The number of ether oxygens (including phenoxy) is 1. The molecule has 0 atom stereocenters. The van der Waals surface area contributed by atoms with Crippen LogP contribution in [-0.4, -0.2) is 15.0 Å². The minimum absolute atomic E-state index is 0.381. The van der Waals surface area contributed by atoms with Crippen LogP contribution in [0.2, 0.25) is 15.1 Å². The standard InChI is InChI=1S/C21H12Cl3N3O/c22-14-5-3-13(4-6-14)19-20(17-8-7-15(23)10-18(17)24)26-12-27-21(19)28-16-2-1-9-25-11-16/h1-12H. The second-order valence-electron chi connectivity index (χ2n) is 5.82. The van der Waals surface area contributed by atoms with Crippen molar-refractivity contribution in [2.75, 3.05) is 0 Å². The van der Waals surface area contributed by atoms with Crippen LogP contribution in [0.15, 0.2) is 73.3 Å². The molecule has 7 heteroatoms. The fraction of sp³-hybridized carbons (Fsp3) is 0. The molecule has 0 aliphatic heterocycles. The minimum Gasteiger partial charge on any atom is -0.437 e. The first-order valence-corrected chi connectivity index (χ1v) is 9.39. The van der Waals surface area contributed by atoms with Gasteiger partial charge in [-0.05, 0) is 48.0 Å². The molecule has 0 fully saturated rings. The average molecular weight is 429 g/mol. The summed E-state index contributed by atoms with van der Waals surface area (Å²) in [4.78, 5) is 12.9. The molecule has 2 aromatic heterocycles. The van der Waals surface area contributed by atoms with Crippen LogP contribution in [-0.2, 0) is 0 Å². The van der Waals surface area contributed by atoms with Gasteiger partial charge in [-0.1, -0.05) is 46.9 Å². The summed E-state index contributed by atoms with van der Waals surface area (Å²) in [5, 5.41) is 1.65. The topological polar surface area (TPSA) is 47.9 Å². The number of halogens is 3. The zero-order valence-corrected chi connectivity index (χ0v) is 16.6. The number of nitrogens with zero attached hydrogens (tertiary/aromatic N) is 3. The third-order valence-corrected chi connectivity index (χ3v) is 4.78. The zero-order chi connectivity index (χ0) is 19.5. The van der Waals surface area contributed by atoms with Crippen molar-refractivity contribution in [3.63, 3.8) is 0 Å². The maximum absolute atomic E-state index is 6.44. The van der Waals surface area contributed by atoms with Gasteiger partial charge in [0.2, 0.25) is 5.88 Å². The molecule has 0 saturated heterocycles. The second-order valence-corrected chi connectivity index (χ2v) is 7.10. The second kappa shape index (κ2) is 8.15. The van der Waals surface area contributed by atoms with Crippen molar-refractivity contribution >= 4 is 34.8 Å². The van der Waals surface area contributed by atoms with Gasteiger partial charge in [0.05, 0.1) is 22.5 Å². The van der Waals surface area contributed by atoms with Crippen molar-refractivity contribution in [1.82, 2.24) is 15.0 Å². The van der Waals surface area contributed by atoms with E-state index < -0.39 is 0 Å². The van der Waals surface area contributed by atoms with E-state index in [9.17, 15) is 0 Å². The summed E-state index contributed by atoms with van der Waals surface area (Å²) in [5.74, 6) is 0.941. The van der Waals surface area contributed by atoms with Crippen LogP contribution in [0.5, 0.6) is 11.6 Å². The number of hydrogen-bond acceptors (Lipinski definition) is 4. The predicted molar refractivity (Wildman–Crippen MR) is 112 cm³/mol. The molecule has 0 aliphatic rings. The maximum atomic E-state index is 6.44. The molecule has 2 heterocycles. The summed E-state index contributed by atoms with van der Waals surface area (Å²) >= 11 is 18.6. The van der Waals surface area contributed by atoms with Gasteiger partial charge in [0.1, 0.15) is 12.1 Å². The van der Waals surface area contributed by atoms with E-state index in [1.165, 1.54) is 6.33 Å². The van der Waals surface area contributed by atoms with Gasteiger partial charge in [-0.2, -0.15) is 0 Å². The summed E-state index contributed by atoms with van der Waals surface area (Å²) in [6.45, 7) is 0. The van der Waals surface area contributed by atoms with E-state index in [0.29, 0.717) is 38.0 Å². The highest BCUT2D eigenvalue weighted by atomic mass is 35.5. The van der Waals surface area contributed by atoms with Crippen LogP contribution in [0, 0.1) is 0 Å². The Bertz CT molecular complexity index is 1120. The lowest BCUT2D eigenvalue weighted by molar-refractivity contribution is 0.461. The molecule has 4 aromatic rings. The van der Waals surface area contributed by atoms with E-state index in [0.717, 1.165) is 11.1 Å². The van der Waals surface area contributed by atoms with Crippen LogP contribution >= 0.6 is 34.8 Å². The van der Waals surface area contributed by atoms with E-state index in [1.54, 1.807) is 48.8 Å². The molecule has 0 amide bonds. The first-order chi connectivity index (χ1) is 13.6. The smallest absolute Gasteiger partial charge is 0.230 e. The van der Waals surface area contributed by atoms with E-state index in [1.807, 2.05) is 18.2 Å². The van der Waals surface area contributed by atoms with Crippen LogP contribution in [0.3, 0.4) is 0 Å². The summed E-state index contributed by atoms with van der Waals surface area (Å²) < 4.78 is 6.00. The van der Waals surface area contributed by atoms with Crippen molar-refractivity contribution < 1.29 is 4.74 Å². The van der Waals surface area contributed by atoms with E-state index in [-0.39, 0.29) is 0 Å².